The number of aryl methyl sites for hydroxylation is 4. The van der Waals surface area contributed by atoms with Crippen molar-refractivity contribution in [3.05, 3.63) is 47.4 Å². The van der Waals surface area contributed by atoms with E-state index in [9.17, 15) is 0 Å². The maximum absolute atomic E-state index is 5.54. The van der Waals surface area contributed by atoms with E-state index < -0.39 is 0 Å². The van der Waals surface area contributed by atoms with Gasteiger partial charge in [0.2, 0.25) is 0 Å². The molecule has 0 unspecified atom stereocenters. The zero-order valence-corrected chi connectivity index (χ0v) is 45.2. The van der Waals surface area contributed by atoms with Crippen LogP contribution in [0.1, 0.15) is 211 Å². The van der Waals surface area contributed by atoms with E-state index in [1.807, 2.05) is 30.7 Å². The Bertz CT molecular complexity index is 2850. The quantitative estimate of drug-likeness (QED) is 0.0383. The molecule has 0 spiro atoms. The average molecular weight is 984 g/mol. The lowest BCUT2D eigenvalue weighted by Gasteiger charge is -2.21. The van der Waals surface area contributed by atoms with Gasteiger partial charge >= 0.3 is 0 Å². The molecule has 13 heteroatoms. The minimum absolute atomic E-state index is 0.305. The molecule has 1 aromatic carbocycles. The van der Waals surface area contributed by atoms with Crippen LogP contribution in [0, 0.1) is 13.8 Å². The first-order valence-corrected chi connectivity index (χ1v) is 29.4. The minimum atomic E-state index is 0.305. The van der Waals surface area contributed by atoms with Crippen LogP contribution < -0.4 is 0 Å². The highest BCUT2D eigenvalue weighted by molar-refractivity contribution is 7.19. The van der Waals surface area contributed by atoms with Gasteiger partial charge < -0.3 is 4.57 Å². The lowest BCUT2D eigenvalue weighted by molar-refractivity contribution is 0.407. The molecule has 0 saturated heterocycles. The number of hydrogen-bond acceptors (Lipinski definition) is 10. The Hall–Kier alpha value is -4.62. The zero-order chi connectivity index (χ0) is 48.7. The molecule has 11 nitrogen and oxygen atoms in total. The van der Waals surface area contributed by atoms with Crippen molar-refractivity contribution in [2.75, 3.05) is 0 Å². The summed E-state index contributed by atoms with van der Waals surface area (Å²) in [6, 6.07) is 9.22. The fraction of sp³-hybridized carbons (Fsp3) is 0.614. The number of fused-ring (bicyclic) bond motifs is 5. The summed E-state index contributed by atoms with van der Waals surface area (Å²) in [6.07, 6.45) is 36.3. The molecule has 0 radical (unpaired) electrons. The second-order valence-electron chi connectivity index (χ2n) is 20.1. The number of nitrogens with zero attached hydrogens (tertiary/aromatic N) is 11. The maximum Gasteiger partial charge on any atom is 0.171 e. The van der Waals surface area contributed by atoms with Crippen LogP contribution in [0.5, 0.6) is 0 Å². The Morgan fingerprint density at radius 3 is 1.43 bits per heavy atom. The lowest BCUT2D eigenvalue weighted by atomic mass is 9.99. The predicted octanol–water partition coefficient (Wildman–Crippen LogP) is 17.4. The second kappa shape index (κ2) is 26.2. The molecular formula is C57H81N11S2. The van der Waals surface area contributed by atoms with Gasteiger partial charge in [-0.1, -0.05) is 179 Å². The molecule has 0 saturated carbocycles. The molecule has 0 N–H and O–H groups in total. The lowest BCUT2D eigenvalue weighted by Crippen LogP contribution is -2.11. The topological polar surface area (TPSA) is 118 Å². The van der Waals surface area contributed by atoms with Gasteiger partial charge in [-0.3, -0.25) is 0 Å². The Morgan fingerprint density at radius 1 is 0.471 bits per heavy atom. The van der Waals surface area contributed by atoms with Crippen molar-refractivity contribution in [2.24, 2.45) is 0 Å². The van der Waals surface area contributed by atoms with E-state index in [4.69, 9.17) is 40.6 Å². The van der Waals surface area contributed by atoms with Crippen molar-refractivity contribution >= 4 is 66.8 Å². The van der Waals surface area contributed by atoms with Gasteiger partial charge in [0.25, 0.3) is 0 Å². The Balaban J connectivity index is 1.21. The fourth-order valence-corrected chi connectivity index (χ4v) is 12.5. The van der Waals surface area contributed by atoms with Gasteiger partial charge in [-0.15, -0.1) is 32.9 Å². The van der Waals surface area contributed by atoms with Crippen LogP contribution in [0.2, 0.25) is 0 Å². The minimum Gasteiger partial charge on any atom is -0.307 e. The third-order valence-electron chi connectivity index (χ3n) is 14.5. The molecule has 0 aliphatic rings. The van der Waals surface area contributed by atoms with Crippen LogP contribution in [0.4, 0.5) is 0 Å². The molecule has 70 heavy (non-hydrogen) atoms. The molecule has 0 bridgehead atoms. The summed E-state index contributed by atoms with van der Waals surface area (Å²) in [5, 5.41) is 22.1. The van der Waals surface area contributed by atoms with Crippen molar-refractivity contribution < 1.29 is 0 Å². The molecule has 0 atom stereocenters. The number of unbranched alkanes of at least 4 members (excludes halogenated alkanes) is 20. The van der Waals surface area contributed by atoms with Crippen LogP contribution in [0.3, 0.4) is 0 Å². The monoisotopic (exact) mass is 984 g/mol. The normalized spacial score (nSPS) is 12.2. The van der Waals surface area contributed by atoms with E-state index in [0.29, 0.717) is 6.04 Å². The molecule has 0 fully saturated rings. The van der Waals surface area contributed by atoms with Crippen molar-refractivity contribution in [2.45, 2.75) is 228 Å². The van der Waals surface area contributed by atoms with Gasteiger partial charge in [-0.25, -0.2) is 29.3 Å². The SMILES string of the molecule is CCCCCCCCC(CCCCCCCC)n1c2nc(C)ncc2c2cnc(-c3ccc(-c4c5nnn(CCCCCCCC)c5c(-c5ccc(C)s5)c5nnn(CCCCCCCC)c45)s3)nc21. The predicted molar refractivity (Wildman–Crippen MR) is 296 cm³/mol. The summed E-state index contributed by atoms with van der Waals surface area (Å²) in [5.41, 5.74) is 8.06. The van der Waals surface area contributed by atoms with E-state index in [-0.39, 0.29) is 0 Å². The molecular weight excluding hydrogens is 903 g/mol. The number of rotatable bonds is 32. The first-order chi connectivity index (χ1) is 34.4. The van der Waals surface area contributed by atoms with Gasteiger partial charge in [0.05, 0.1) is 4.88 Å². The van der Waals surface area contributed by atoms with Crippen molar-refractivity contribution in [3.63, 3.8) is 0 Å². The van der Waals surface area contributed by atoms with Gasteiger partial charge in [-0.05, 0) is 63.8 Å². The largest absolute Gasteiger partial charge is 0.307 e. The molecule has 8 aromatic rings. The zero-order valence-electron chi connectivity index (χ0n) is 43.6. The van der Waals surface area contributed by atoms with Gasteiger partial charge in [0.15, 0.2) is 5.82 Å². The van der Waals surface area contributed by atoms with Crippen molar-refractivity contribution in [3.8, 4) is 31.6 Å². The third kappa shape index (κ3) is 12.3. The number of hydrogen-bond donors (Lipinski definition) is 0. The highest BCUT2D eigenvalue weighted by atomic mass is 32.1. The molecule has 0 amide bonds. The van der Waals surface area contributed by atoms with Gasteiger partial charge in [0, 0.05) is 68.1 Å². The van der Waals surface area contributed by atoms with Gasteiger partial charge in [0.1, 0.15) is 39.2 Å². The summed E-state index contributed by atoms with van der Waals surface area (Å²) >= 11 is 3.55. The molecule has 8 rings (SSSR count). The standard InChI is InChI=1S/C57H81N11S2/c1-7-11-15-19-23-27-31-43(32-28-24-20-16-12-8-2)68-56-44(39-58-42(6)60-56)45-40-59-55(61-57(45)68)48-36-35-47(70-48)50-52-53(66(65-63-52)37-29-25-21-17-13-9-3)49(46-34-33-41(5)69-46)51-54(50)67(64-62-51)38-30-26-22-18-14-10-4/h33-36,39-40,43H,7-32,37-38H2,1-6H3. The number of thiophene rings is 2. The van der Waals surface area contributed by atoms with E-state index in [2.05, 4.69) is 72.8 Å². The summed E-state index contributed by atoms with van der Waals surface area (Å²) in [6.45, 7) is 15.0. The van der Waals surface area contributed by atoms with E-state index >= 15 is 0 Å². The summed E-state index contributed by atoms with van der Waals surface area (Å²) < 4.78 is 6.82. The van der Waals surface area contributed by atoms with E-state index in [1.165, 1.54) is 151 Å². The van der Waals surface area contributed by atoms with Crippen LogP contribution in [0.25, 0.3) is 75.7 Å². The Morgan fingerprint density at radius 2 is 0.914 bits per heavy atom. The number of benzene rings is 1. The first-order valence-electron chi connectivity index (χ1n) is 27.8. The van der Waals surface area contributed by atoms with E-state index in [1.54, 1.807) is 11.3 Å². The van der Waals surface area contributed by atoms with E-state index in [0.717, 1.165) is 115 Å². The highest BCUT2D eigenvalue weighted by Crippen LogP contribution is 2.47. The van der Waals surface area contributed by atoms with Crippen molar-refractivity contribution in [1.82, 2.24) is 54.5 Å². The molecule has 376 valence electrons. The van der Waals surface area contributed by atoms with Crippen LogP contribution in [0.15, 0.2) is 36.7 Å². The molecule has 0 aliphatic carbocycles. The molecule has 7 aromatic heterocycles. The van der Waals surface area contributed by atoms with Gasteiger partial charge in [-0.2, -0.15) is 0 Å². The third-order valence-corrected chi connectivity index (χ3v) is 16.6. The first kappa shape index (κ1) is 51.7. The van der Waals surface area contributed by atoms with Crippen molar-refractivity contribution in [1.29, 1.82) is 0 Å². The fourth-order valence-electron chi connectivity index (χ4n) is 10.6. The summed E-state index contributed by atoms with van der Waals surface area (Å²) in [5.74, 6) is 1.52. The Labute approximate surface area is 425 Å². The summed E-state index contributed by atoms with van der Waals surface area (Å²) in [4.78, 5) is 25.1. The highest BCUT2D eigenvalue weighted by Gasteiger charge is 2.28. The smallest absolute Gasteiger partial charge is 0.171 e. The van der Waals surface area contributed by atoms with Crippen LogP contribution >= 0.6 is 22.7 Å². The average Bonchev–Trinajstić information content (AvgIpc) is 4.23. The Kier molecular flexibility index (Phi) is 19.3. The maximum atomic E-state index is 5.54. The van der Waals surface area contributed by atoms with Crippen LogP contribution in [-0.4, -0.2) is 54.5 Å². The van der Waals surface area contributed by atoms with Crippen LogP contribution in [-0.2, 0) is 13.1 Å². The number of aromatic nitrogens is 11. The molecule has 7 heterocycles. The summed E-state index contributed by atoms with van der Waals surface area (Å²) in [7, 11) is 0. The molecule has 0 aliphatic heterocycles. The second-order valence-corrected chi connectivity index (χ2v) is 22.5.